The molecule has 0 saturated carbocycles. The highest BCUT2D eigenvalue weighted by molar-refractivity contribution is 6.35. The van der Waals surface area contributed by atoms with E-state index in [0.717, 1.165) is 11.3 Å². The summed E-state index contributed by atoms with van der Waals surface area (Å²) in [6, 6.07) is 12.4. The van der Waals surface area contributed by atoms with Gasteiger partial charge in [-0.2, -0.15) is 0 Å². The fourth-order valence-corrected chi connectivity index (χ4v) is 2.22. The van der Waals surface area contributed by atoms with Gasteiger partial charge in [0.15, 0.2) is 0 Å². The lowest BCUT2D eigenvalue weighted by Crippen LogP contribution is -2.31. The molecule has 0 saturated heterocycles. The lowest BCUT2D eigenvalue weighted by molar-refractivity contribution is -0.116. The van der Waals surface area contributed by atoms with E-state index < -0.39 is 6.04 Å². The third kappa shape index (κ3) is 4.38. The molecule has 2 aromatic carbocycles. The van der Waals surface area contributed by atoms with Crippen LogP contribution in [0.3, 0.4) is 0 Å². The monoisotopic (exact) mass is 322 g/mol. The Bertz CT molecular complexity index is 658. The van der Waals surface area contributed by atoms with Crippen LogP contribution in [-0.2, 0) is 4.79 Å². The number of carbonyl (C=O) groups excluding carboxylic acids is 1. The minimum absolute atomic E-state index is 0.180. The molecule has 0 spiro atoms. The van der Waals surface area contributed by atoms with E-state index in [2.05, 4.69) is 10.6 Å². The number of halogens is 2. The van der Waals surface area contributed by atoms with Gasteiger partial charge in [0.05, 0.1) is 10.7 Å². The van der Waals surface area contributed by atoms with Gasteiger partial charge < -0.3 is 10.6 Å². The number of carbonyl (C=O) groups is 1. The van der Waals surface area contributed by atoms with Gasteiger partial charge in [-0.1, -0.05) is 35.3 Å². The first-order chi connectivity index (χ1) is 9.95. The Labute approximate surface area is 134 Å². The molecule has 21 heavy (non-hydrogen) atoms. The minimum Gasteiger partial charge on any atom is -0.374 e. The fraction of sp³-hybridized carbons (Fsp3) is 0.188. The molecule has 0 heterocycles. The molecule has 1 unspecified atom stereocenters. The van der Waals surface area contributed by atoms with Gasteiger partial charge in [-0.25, -0.2) is 0 Å². The molecule has 3 nitrogen and oxygen atoms in total. The highest BCUT2D eigenvalue weighted by Crippen LogP contribution is 2.25. The topological polar surface area (TPSA) is 41.1 Å². The van der Waals surface area contributed by atoms with E-state index in [1.807, 2.05) is 31.2 Å². The second kappa shape index (κ2) is 6.83. The summed E-state index contributed by atoms with van der Waals surface area (Å²) in [5, 5.41) is 6.89. The van der Waals surface area contributed by atoms with Crippen LogP contribution in [0.4, 0.5) is 11.4 Å². The minimum atomic E-state index is -0.401. The largest absolute Gasteiger partial charge is 0.374 e. The average Bonchev–Trinajstić information content (AvgIpc) is 2.43. The van der Waals surface area contributed by atoms with Gasteiger partial charge in [-0.05, 0) is 49.7 Å². The predicted octanol–water partition coefficient (Wildman–Crippen LogP) is 4.74. The van der Waals surface area contributed by atoms with Crippen molar-refractivity contribution < 1.29 is 4.79 Å². The van der Waals surface area contributed by atoms with Gasteiger partial charge in [-0.15, -0.1) is 0 Å². The molecular weight excluding hydrogens is 307 g/mol. The van der Waals surface area contributed by atoms with E-state index in [4.69, 9.17) is 23.2 Å². The maximum atomic E-state index is 12.2. The van der Waals surface area contributed by atoms with Crippen molar-refractivity contribution in [3.63, 3.8) is 0 Å². The van der Waals surface area contributed by atoms with Crippen LogP contribution in [0.5, 0.6) is 0 Å². The number of amides is 1. The molecule has 110 valence electrons. The molecule has 2 aromatic rings. The zero-order valence-corrected chi connectivity index (χ0v) is 13.3. The zero-order valence-electron chi connectivity index (χ0n) is 11.8. The second-order valence-corrected chi connectivity index (χ2v) is 5.69. The maximum Gasteiger partial charge on any atom is 0.246 e. The van der Waals surface area contributed by atoms with Crippen LogP contribution in [-0.4, -0.2) is 11.9 Å². The summed E-state index contributed by atoms with van der Waals surface area (Å²) in [6.07, 6.45) is 0. The number of hydrogen-bond acceptors (Lipinski definition) is 2. The Hall–Kier alpha value is -1.71. The predicted molar refractivity (Wildman–Crippen MR) is 89.4 cm³/mol. The van der Waals surface area contributed by atoms with Crippen molar-refractivity contribution in [2.45, 2.75) is 19.9 Å². The maximum absolute atomic E-state index is 12.2. The van der Waals surface area contributed by atoms with E-state index >= 15 is 0 Å². The van der Waals surface area contributed by atoms with Crippen LogP contribution >= 0.6 is 23.2 Å². The Morgan fingerprint density at radius 2 is 1.90 bits per heavy atom. The van der Waals surface area contributed by atoms with Crippen molar-refractivity contribution >= 4 is 40.5 Å². The summed E-state index contributed by atoms with van der Waals surface area (Å²) < 4.78 is 0. The fourth-order valence-electron chi connectivity index (χ4n) is 1.88. The smallest absolute Gasteiger partial charge is 0.246 e. The van der Waals surface area contributed by atoms with Gasteiger partial charge in [-0.3, -0.25) is 4.79 Å². The van der Waals surface area contributed by atoms with Gasteiger partial charge in [0.1, 0.15) is 6.04 Å². The van der Waals surface area contributed by atoms with E-state index in [1.165, 1.54) is 0 Å². The summed E-state index contributed by atoms with van der Waals surface area (Å²) >= 11 is 11.9. The molecule has 0 radical (unpaired) electrons. The van der Waals surface area contributed by atoms with Crippen molar-refractivity contribution in [3.8, 4) is 0 Å². The molecule has 1 amide bonds. The Morgan fingerprint density at radius 1 is 1.14 bits per heavy atom. The summed E-state index contributed by atoms with van der Waals surface area (Å²) in [6.45, 7) is 3.79. The molecule has 0 bridgehead atoms. The molecule has 0 aliphatic carbocycles. The molecule has 2 rings (SSSR count). The summed E-state index contributed by atoms with van der Waals surface area (Å²) in [7, 11) is 0. The Kier molecular flexibility index (Phi) is 5.10. The van der Waals surface area contributed by atoms with Crippen LogP contribution in [0.15, 0.2) is 42.5 Å². The van der Waals surface area contributed by atoms with Gasteiger partial charge in [0, 0.05) is 10.7 Å². The lowest BCUT2D eigenvalue weighted by atomic mass is 10.2. The van der Waals surface area contributed by atoms with Crippen LogP contribution in [0.25, 0.3) is 0 Å². The van der Waals surface area contributed by atoms with E-state index in [0.29, 0.717) is 15.7 Å². The van der Waals surface area contributed by atoms with E-state index in [1.54, 1.807) is 25.1 Å². The summed E-state index contributed by atoms with van der Waals surface area (Å²) in [4.78, 5) is 12.2. The SMILES string of the molecule is Cc1cccc(NC(C)C(=O)Nc2cc(Cl)ccc2Cl)c1. The molecule has 0 aliphatic heterocycles. The number of hydrogen-bond donors (Lipinski definition) is 2. The first-order valence-corrected chi connectivity index (χ1v) is 7.30. The Morgan fingerprint density at radius 3 is 2.62 bits per heavy atom. The summed E-state index contributed by atoms with van der Waals surface area (Å²) in [5.41, 5.74) is 2.53. The van der Waals surface area contributed by atoms with Crippen LogP contribution < -0.4 is 10.6 Å². The van der Waals surface area contributed by atoms with Crippen LogP contribution in [0, 0.1) is 6.92 Å². The quantitative estimate of drug-likeness (QED) is 0.853. The third-order valence-electron chi connectivity index (χ3n) is 2.98. The zero-order chi connectivity index (χ0) is 15.4. The van der Waals surface area contributed by atoms with Crippen molar-refractivity contribution in [2.75, 3.05) is 10.6 Å². The number of anilines is 2. The second-order valence-electron chi connectivity index (χ2n) is 4.85. The Balaban J connectivity index is 2.04. The first kappa shape index (κ1) is 15.7. The number of aryl methyl sites for hydroxylation is 1. The first-order valence-electron chi connectivity index (χ1n) is 6.55. The number of nitrogens with one attached hydrogen (secondary N) is 2. The molecule has 2 N–H and O–H groups in total. The van der Waals surface area contributed by atoms with Crippen LogP contribution in [0.2, 0.25) is 10.0 Å². The molecule has 0 aromatic heterocycles. The highest BCUT2D eigenvalue weighted by atomic mass is 35.5. The van der Waals surface area contributed by atoms with Crippen molar-refractivity contribution in [1.82, 2.24) is 0 Å². The number of rotatable bonds is 4. The lowest BCUT2D eigenvalue weighted by Gasteiger charge is -2.16. The van der Waals surface area contributed by atoms with Gasteiger partial charge in [0.2, 0.25) is 5.91 Å². The van der Waals surface area contributed by atoms with Crippen LogP contribution in [0.1, 0.15) is 12.5 Å². The highest BCUT2D eigenvalue weighted by Gasteiger charge is 2.14. The van der Waals surface area contributed by atoms with Crippen molar-refractivity contribution in [3.05, 3.63) is 58.1 Å². The molecular formula is C16H16Cl2N2O. The standard InChI is InChI=1S/C16H16Cl2N2O/c1-10-4-3-5-13(8-10)19-11(2)16(21)20-15-9-12(17)6-7-14(15)18/h3-9,11,19H,1-2H3,(H,20,21). The summed E-state index contributed by atoms with van der Waals surface area (Å²) in [5.74, 6) is -0.180. The van der Waals surface area contributed by atoms with E-state index in [9.17, 15) is 4.79 Å². The molecule has 0 aliphatic rings. The third-order valence-corrected chi connectivity index (χ3v) is 3.55. The molecule has 0 fully saturated rings. The van der Waals surface area contributed by atoms with Crippen molar-refractivity contribution in [1.29, 1.82) is 0 Å². The van der Waals surface area contributed by atoms with Gasteiger partial charge in [0.25, 0.3) is 0 Å². The average molecular weight is 323 g/mol. The normalized spacial score (nSPS) is 11.8. The van der Waals surface area contributed by atoms with Gasteiger partial charge >= 0.3 is 0 Å². The van der Waals surface area contributed by atoms with Crippen molar-refractivity contribution in [2.24, 2.45) is 0 Å². The number of benzene rings is 2. The molecule has 1 atom stereocenters. The van der Waals surface area contributed by atoms with E-state index in [-0.39, 0.29) is 5.91 Å². The molecule has 5 heteroatoms.